The first kappa shape index (κ1) is 18.5. The van der Waals surface area contributed by atoms with Crippen LogP contribution in [0.2, 0.25) is 0 Å². The lowest BCUT2D eigenvalue weighted by molar-refractivity contribution is -0.200. The van der Waals surface area contributed by atoms with Crippen LogP contribution < -0.4 is 5.32 Å². The molecule has 5 heteroatoms. The minimum absolute atomic E-state index is 0.261. The van der Waals surface area contributed by atoms with Gasteiger partial charge >= 0.3 is 5.97 Å². The summed E-state index contributed by atoms with van der Waals surface area (Å²) in [5.41, 5.74) is -0.133. The standard InChI is InChI=1S/C22H29NO4/c1-15(19(24)23-8-7-16-5-3-2-4-6-16)27-20(25)21-10-17-9-18(11-21)13-22(26,12-17)14-21/h2-6,15,17-18,26H,7-14H2,1H3,(H,23,24)/t15-,17-,18+,21?,22?/m0/s1. The molecule has 4 bridgehead atoms. The highest BCUT2D eigenvalue weighted by Crippen LogP contribution is 2.62. The van der Waals surface area contributed by atoms with E-state index in [-0.39, 0.29) is 11.9 Å². The second kappa shape index (κ2) is 6.93. The molecule has 1 aromatic carbocycles. The van der Waals surface area contributed by atoms with E-state index < -0.39 is 17.1 Å². The molecule has 0 heterocycles. The molecule has 4 aliphatic rings. The number of carbonyl (C=O) groups is 2. The number of esters is 1. The van der Waals surface area contributed by atoms with E-state index in [0.717, 1.165) is 44.1 Å². The van der Waals surface area contributed by atoms with Gasteiger partial charge in [0.25, 0.3) is 5.91 Å². The molecule has 0 aromatic heterocycles. The molecule has 27 heavy (non-hydrogen) atoms. The van der Waals surface area contributed by atoms with Gasteiger partial charge in [0.1, 0.15) is 0 Å². The normalized spacial score (nSPS) is 34.9. The highest BCUT2D eigenvalue weighted by atomic mass is 16.5. The van der Waals surface area contributed by atoms with Crippen LogP contribution in [0.25, 0.3) is 0 Å². The first-order valence-electron chi connectivity index (χ1n) is 10.1. The first-order chi connectivity index (χ1) is 12.9. The summed E-state index contributed by atoms with van der Waals surface area (Å²) < 4.78 is 5.58. The van der Waals surface area contributed by atoms with Gasteiger partial charge < -0.3 is 15.2 Å². The van der Waals surface area contributed by atoms with Gasteiger partial charge in [-0.15, -0.1) is 0 Å². The van der Waals surface area contributed by atoms with E-state index in [2.05, 4.69) is 5.32 Å². The lowest BCUT2D eigenvalue weighted by Gasteiger charge is -2.58. The number of hydrogen-bond donors (Lipinski definition) is 2. The van der Waals surface area contributed by atoms with Crippen LogP contribution in [0.15, 0.2) is 30.3 Å². The quantitative estimate of drug-likeness (QED) is 0.754. The van der Waals surface area contributed by atoms with Crippen LogP contribution in [-0.4, -0.2) is 35.2 Å². The van der Waals surface area contributed by atoms with Gasteiger partial charge in [-0.3, -0.25) is 9.59 Å². The number of nitrogens with one attached hydrogen (secondary N) is 1. The van der Waals surface area contributed by atoms with E-state index in [0.29, 0.717) is 24.8 Å². The lowest BCUT2D eigenvalue weighted by Crippen LogP contribution is -2.59. The highest BCUT2D eigenvalue weighted by molar-refractivity contribution is 5.85. The molecule has 2 N–H and O–H groups in total. The van der Waals surface area contributed by atoms with Gasteiger partial charge in [0.2, 0.25) is 0 Å². The van der Waals surface area contributed by atoms with Crippen molar-refractivity contribution in [3.8, 4) is 0 Å². The Balaban J connectivity index is 1.30. The molecular weight excluding hydrogens is 342 g/mol. The Bertz CT molecular complexity index is 702. The molecular formula is C22H29NO4. The van der Waals surface area contributed by atoms with Gasteiger partial charge in [0, 0.05) is 6.54 Å². The third-order valence-electron chi connectivity index (χ3n) is 6.67. The Labute approximate surface area is 160 Å². The SMILES string of the molecule is C[C@H](OC(=O)C12C[C@@H]3C[C@@H](CC(O)(C3)C1)C2)C(=O)NCCc1ccccc1. The van der Waals surface area contributed by atoms with E-state index in [9.17, 15) is 14.7 Å². The number of amides is 1. The minimum atomic E-state index is -0.809. The first-order valence-corrected chi connectivity index (χ1v) is 10.1. The van der Waals surface area contributed by atoms with Crippen LogP contribution in [-0.2, 0) is 20.7 Å². The average molecular weight is 371 g/mol. The van der Waals surface area contributed by atoms with Crippen molar-refractivity contribution in [2.24, 2.45) is 17.3 Å². The van der Waals surface area contributed by atoms with Crippen molar-refractivity contribution >= 4 is 11.9 Å². The molecule has 4 aliphatic carbocycles. The van der Waals surface area contributed by atoms with E-state index in [1.165, 1.54) is 0 Å². The largest absolute Gasteiger partial charge is 0.452 e. The minimum Gasteiger partial charge on any atom is -0.452 e. The van der Waals surface area contributed by atoms with Crippen molar-refractivity contribution in [1.82, 2.24) is 5.32 Å². The summed E-state index contributed by atoms with van der Waals surface area (Å²) in [6.45, 7) is 2.14. The maximum absolute atomic E-state index is 12.9. The van der Waals surface area contributed by atoms with Crippen LogP contribution in [0.5, 0.6) is 0 Å². The maximum Gasteiger partial charge on any atom is 0.312 e. The Morgan fingerprint density at radius 3 is 2.48 bits per heavy atom. The molecule has 5 rings (SSSR count). The zero-order chi connectivity index (χ0) is 19.1. The van der Waals surface area contributed by atoms with Crippen molar-refractivity contribution in [1.29, 1.82) is 0 Å². The summed E-state index contributed by atoms with van der Waals surface area (Å²) in [6, 6.07) is 9.95. The molecule has 4 fully saturated rings. The average Bonchev–Trinajstić information content (AvgIpc) is 2.60. The van der Waals surface area contributed by atoms with Crippen LogP contribution in [0.3, 0.4) is 0 Å². The monoisotopic (exact) mass is 371 g/mol. The van der Waals surface area contributed by atoms with Crippen LogP contribution in [0.4, 0.5) is 0 Å². The summed E-state index contributed by atoms with van der Waals surface area (Å²) >= 11 is 0. The number of rotatable bonds is 6. The van der Waals surface area contributed by atoms with Gasteiger partial charge in [-0.1, -0.05) is 30.3 Å². The van der Waals surface area contributed by atoms with Gasteiger partial charge in [0.05, 0.1) is 11.0 Å². The summed E-state index contributed by atoms with van der Waals surface area (Å²) in [5, 5.41) is 13.6. The third-order valence-corrected chi connectivity index (χ3v) is 6.67. The van der Waals surface area contributed by atoms with Gasteiger partial charge in [-0.25, -0.2) is 0 Å². The predicted molar refractivity (Wildman–Crippen MR) is 101 cm³/mol. The Kier molecular flexibility index (Phi) is 4.75. The second-order valence-corrected chi connectivity index (χ2v) is 9.04. The maximum atomic E-state index is 12.9. The highest BCUT2D eigenvalue weighted by Gasteiger charge is 2.61. The second-order valence-electron chi connectivity index (χ2n) is 9.04. The molecule has 146 valence electrons. The topological polar surface area (TPSA) is 75.6 Å². The van der Waals surface area contributed by atoms with Crippen molar-refractivity contribution in [2.45, 2.75) is 63.6 Å². The fourth-order valence-electron chi connectivity index (χ4n) is 5.91. The fourth-order valence-corrected chi connectivity index (χ4v) is 5.91. The van der Waals surface area contributed by atoms with E-state index in [4.69, 9.17) is 4.74 Å². The number of hydrogen-bond acceptors (Lipinski definition) is 4. The van der Waals surface area contributed by atoms with E-state index in [1.54, 1.807) is 6.92 Å². The summed E-state index contributed by atoms with van der Waals surface area (Å²) in [7, 11) is 0. The summed E-state index contributed by atoms with van der Waals surface area (Å²) in [6.07, 6.45) is 4.77. The van der Waals surface area contributed by atoms with Crippen LogP contribution in [0.1, 0.15) is 51.0 Å². The zero-order valence-electron chi connectivity index (χ0n) is 15.9. The molecule has 5 nitrogen and oxygen atoms in total. The number of benzene rings is 1. The number of carbonyl (C=O) groups excluding carboxylic acids is 2. The Morgan fingerprint density at radius 1 is 1.19 bits per heavy atom. The third kappa shape index (κ3) is 3.75. The Hall–Kier alpha value is -1.88. The number of ether oxygens (including phenoxy) is 1. The van der Waals surface area contributed by atoms with E-state index >= 15 is 0 Å². The summed E-state index contributed by atoms with van der Waals surface area (Å²) in [5.74, 6) is 0.279. The molecule has 0 saturated heterocycles. The van der Waals surface area contributed by atoms with Gasteiger partial charge in [-0.05, 0) is 69.3 Å². The van der Waals surface area contributed by atoms with Gasteiger partial charge in [-0.2, -0.15) is 0 Å². The zero-order valence-corrected chi connectivity index (χ0v) is 15.9. The molecule has 0 aliphatic heterocycles. The summed E-state index contributed by atoms with van der Waals surface area (Å²) in [4.78, 5) is 25.3. The van der Waals surface area contributed by atoms with Crippen molar-refractivity contribution in [3.63, 3.8) is 0 Å². The van der Waals surface area contributed by atoms with Crippen LogP contribution in [0, 0.1) is 17.3 Å². The van der Waals surface area contributed by atoms with Crippen molar-refractivity contribution in [3.05, 3.63) is 35.9 Å². The lowest BCUT2D eigenvalue weighted by atomic mass is 9.48. The molecule has 5 atom stereocenters. The molecule has 0 spiro atoms. The van der Waals surface area contributed by atoms with Crippen LogP contribution >= 0.6 is 0 Å². The van der Waals surface area contributed by atoms with E-state index in [1.807, 2.05) is 30.3 Å². The molecule has 1 aromatic rings. The molecule has 1 amide bonds. The predicted octanol–water partition coefficient (Wildman–Crippen LogP) is 2.61. The smallest absolute Gasteiger partial charge is 0.312 e. The number of aliphatic hydroxyl groups is 1. The fraction of sp³-hybridized carbons (Fsp3) is 0.636. The Morgan fingerprint density at radius 2 is 1.85 bits per heavy atom. The molecule has 0 radical (unpaired) electrons. The van der Waals surface area contributed by atoms with Gasteiger partial charge in [0.15, 0.2) is 6.10 Å². The molecule has 4 saturated carbocycles. The van der Waals surface area contributed by atoms with Crippen molar-refractivity contribution < 1.29 is 19.4 Å². The molecule has 2 unspecified atom stereocenters. The van der Waals surface area contributed by atoms with Crippen molar-refractivity contribution in [2.75, 3.05) is 6.54 Å².